The van der Waals surface area contributed by atoms with Crippen molar-refractivity contribution in [3.63, 3.8) is 0 Å². The van der Waals surface area contributed by atoms with Crippen LogP contribution in [0.2, 0.25) is 0 Å². The highest BCUT2D eigenvalue weighted by atomic mass is 32.2. The van der Waals surface area contributed by atoms with E-state index >= 15 is 0 Å². The normalized spacial score (nSPS) is 25.3. The number of ketones is 1. The maximum absolute atomic E-state index is 12.9. The molecule has 2 aromatic rings. The first-order valence-electron chi connectivity index (χ1n) is 9.96. The van der Waals surface area contributed by atoms with Crippen molar-refractivity contribution in [3.05, 3.63) is 42.7 Å². The minimum absolute atomic E-state index is 0.0971. The predicted molar refractivity (Wildman–Crippen MR) is 110 cm³/mol. The summed E-state index contributed by atoms with van der Waals surface area (Å²) in [5, 5.41) is 4.12. The summed E-state index contributed by atoms with van der Waals surface area (Å²) in [6.45, 7) is 5.10. The van der Waals surface area contributed by atoms with Crippen LogP contribution in [0.1, 0.15) is 33.1 Å². The molecular formula is C21H27N3O4S. The quantitative estimate of drug-likeness (QED) is 0.713. The number of Topliss-reactive ketones (excluding diaryl/α,β-unsaturated/α-hetero) is 1. The largest absolute Gasteiger partial charge is 0.492 e. The van der Waals surface area contributed by atoms with E-state index in [1.807, 2.05) is 26.1 Å². The number of fused-ring (bicyclic) bond motifs is 2. The lowest BCUT2D eigenvalue weighted by atomic mass is 9.70. The molecule has 29 heavy (non-hydrogen) atoms. The Morgan fingerprint density at radius 1 is 1.31 bits per heavy atom. The second-order valence-electron chi connectivity index (χ2n) is 8.67. The molecule has 0 aliphatic heterocycles. The molecule has 2 fully saturated rings. The number of rotatable bonds is 8. The molecule has 2 saturated carbocycles. The first-order valence-corrected chi connectivity index (χ1v) is 11.6. The SMILES string of the molecule is CC1(C)C2CCC1(CS(=O)(=O)Nc1cccc(OCCn3cccn3)c1)C(=O)C2. The monoisotopic (exact) mass is 417 g/mol. The number of ether oxygens (including phenoxy) is 1. The number of carbonyl (C=O) groups is 1. The van der Waals surface area contributed by atoms with Crippen LogP contribution in [-0.2, 0) is 21.4 Å². The number of hydrogen-bond donors (Lipinski definition) is 1. The van der Waals surface area contributed by atoms with Crippen LogP contribution in [0, 0.1) is 16.7 Å². The molecule has 2 bridgehead atoms. The second-order valence-corrected chi connectivity index (χ2v) is 10.4. The molecule has 0 spiro atoms. The van der Waals surface area contributed by atoms with Crippen LogP contribution in [0.15, 0.2) is 42.7 Å². The van der Waals surface area contributed by atoms with Crippen molar-refractivity contribution >= 4 is 21.5 Å². The van der Waals surface area contributed by atoms with Gasteiger partial charge in [0.2, 0.25) is 10.0 Å². The molecule has 2 atom stereocenters. The number of sulfonamides is 1. The van der Waals surface area contributed by atoms with Crippen molar-refractivity contribution in [3.8, 4) is 5.75 Å². The zero-order valence-corrected chi connectivity index (χ0v) is 17.6. The molecule has 0 saturated heterocycles. The summed E-state index contributed by atoms with van der Waals surface area (Å²) in [5.41, 5.74) is -0.617. The van der Waals surface area contributed by atoms with Gasteiger partial charge in [-0.15, -0.1) is 0 Å². The van der Waals surface area contributed by atoms with E-state index in [2.05, 4.69) is 9.82 Å². The summed E-state index contributed by atoms with van der Waals surface area (Å²) in [5.74, 6) is 0.803. The molecule has 4 rings (SSSR count). The number of carbonyl (C=O) groups excluding carboxylic acids is 1. The molecule has 0 amide bonds. The Bertz CT molecular complexity index is 1000. The summed E-state index contributed by atoms with van der Waals surface area (Å²) in [6, 6.07) is 8.73. The van der Waals surface area contributed by atoms with Gasteiger partial charge in [0.1, 0.15) is 18.1 Å². The molecule has 0 radical (unpaired) electrons. The molecule has 1 N–H and O–H groups in total. The lowest BCUT2D eigenvalue weighted by Crippen LogP contribution is -2.43. The molecular weight excluding hydrogens is 390 g/mol. The minimum Gasteiger partial charge on any atom is -0.492 e. The number of benzene rings is 1. The Morgan fingerprint density at radius 3 is 2.79 bits per heavy atom. The van der Waals surface area contributed by atoms with E-state index < -0.39 is 15.4 Å². The maximum atomic E-state index is 12.9. The van der Waals surface area contributed by atoms with Crippen LogP contribution in [-0.4, -0.2) is 36.3 Å². The fourth-order valence-corrected chi connectivity index (χ4v) is 6.87. The fourth-order valence-electron chi connectivity index (χ4n) is 4.99. The van der Waals surface area contributed by atoms with Crippen LogP contribution in [0.25, 0.3) is 0 Å². The topological polar surface area (TPSA) is 90.3 Å². The van der Waals surface area contributed by atoms with Crippen molar-refractivity contribution in [2.75, 3.05) is 17.1 Å². The van der Waals surface area contributed by atoms with Crippen molar-refractivity contribution in [2.45, 2.75) is 39.7 Å². The fraction of sp³-hybridized carbons (Fsp3) is 0.524. The van der Waals surface area contributed by atoms with Gasteiger partial charge in [-0.2, -0.15) is 5.10 Å². The second kappa shape index (κ2) is 7.16. The van der Waals surface area contributed by atoms with E-state index in [0.29, 0.717) is 37.4 Å². The lowest BCUT2D eigenvalue weighted by molar-refractivity contribution is -0.128. The maximum Gasteiger partial charge on any atom is 0.233 e. The zero-order chi connectivity index (χ0) is 20.7. The van der Waals surface area contributed by atoms with Crippen LogP contribution in [0.4, 0.5) is 5.69 Å². The van der Waals surface area contributed by atoms with Gasteiger partial charge < -0.3 is 4.74 Å². The standard InChI is InChI=1S/C21H27N3O4S/c1-20(2)16-7-8-21(20,19(25)13-16)15-29(26,27)23-17-5-3-6-18(14-17)28-12-11-24-10-4-9-22-24/h3-6,9-10,14,16,23H,7-8,11-13,15H2,1-2H3. The third kappa shape index (κ3) is 3.66. The van der Waals surface area contributed by atoms with Gasteiger partial charge in [-0.3, -0.25) is 14.2 Å². The molecule has 156 valence electrons. The summed E-state index contributed by atoms with van der Waals surface area (Å²) < 4.78 is 36.0. The van der Waals surface area contributed by atoms with E-state index in [4.69, 9.17) is 4.74 Å². The molecule has 8 heteroatoms. The third-order valence-electron chi connectivity index (χ3n) is 6.83. The zero-order valence-electron chi connectivity index (χ0n) is 16.8. The summed E-state index contributed by atoms with van der Waals surface area (Å²) in [4.78, 5) is 12.7. The first-order chi connectivity index (χ1) is 13.7. The van der Waals surface area contributed by atoms with Gasteiger partial charge in [0, 0.05) is 24.9 Å². The van der Waals surface area contributed by atoms with Crippen LogP contribution >= 0.6 is 0 Å². The molecule has 2 aliphatic rings. The van der Waals surface area contributed by atoms with E-state index in [0.717, 1.165) is 6.42 Å². The highest BCUT2D eigenvalue weighted by Gasteiger charge is 2.65. The van der Waals surface area contributed by atoms with Gasteiger partial charge in [0.25, 0.3) is 0 Å². The Labute approximate surface area is 171 Å². The average molecular weight is 418 g/mol. The summed E-state index contributed by atoms with van der Waals surface area (Å²) in [7, 11) is -3.68. The molecule has 1 aromatic carbocycles. The predicted octanol–water partition coefficient (Wildman–Crippen LogP) is 3.10. The van der Waals surface area contributed by atoms with Crippen molar-refractivity contribution in [1.82, 2.24) is 9.78 Å². The van der Waals surface area contributed by atoms with E-state index in [1.54, 1.807) is 35.1 Å². The van der Waals surface area contributed by atoms with Crippen molar-refractivity contribution in [1.29, 1.82) is 0 Å². The molecule has 2 unspecified atom stereocenters. The van der Waals surface area contributed by atoms with E-state index in [-0.39, 0.29) is 22.9 Å². The number of aromatic nitrogens is 2. The Balaban J connectivity index is 1.42. The number of anilines is 1. The average Bonchev–Trinajstić information content (AvgIpc) is 3.28. The van der Waals surface area contributed by atoms with E-state index in [9.17, 15) is 13.2 Å². The van der Waals surface area contributed by atoms with Crippen LogP contribution in [0.3, 0.4) is 0 Å². The number of hydrogen-bond acceptors (Lipinski definition) is 5. The number of nitrogens with one attached hydrogen (secondary N) is 1. The van der Waals surface area contributed by atoms with Gasteiger partial charge in [-0.05, 0) is 42.4 Å². The Kier molecular flexibility index (Phi) is 4.93. The van der Waals surface area contributed by atoms with Crippen LogP contribution in [0.5, 0.6) is 5.75 Å². The Hall–Kier alpha value is -2.35. The van der Waals surface area contributed by atoms with E-state index in [1.165, 1.54) is 0 Å². The van der Waals surface area contributed by atoms with Gasteiger partial charge in [0.05, 0.1) is 23.4 Å². The number of nitrogens with zero attached hydrogens (tertiary/aromatic N) is 2. The van der Waals surface area contributed by atoms with Gasteiger partial charge >= 0.3 is 0 Å². The summed E-state index contributed by atoms with van der Waals surface area (Å²) >= 11 is 0. The smallest absolute Gasteiger partial charge is 0.233 e. The lowest BCUT2D eigenvalue weighted by Gasteiger charge is -2.36. The molecule has 7 nitrogen and oxygen atoms in total. The van der Waals surface area contributed by atoms with Gasteiger partial charge in [-0.1, -0.05) is 19.9 Å². The summed E-state index contributed by atoms with van der Waals surface area (Å²) in [6.07, 6.45) is 5.64. The van der Waals surface area contributed by atoms with Crippen molar-refractivity contribution < 1.29 is 17.9 Å². The van der Waals surface area contributed by atoms with Crippen molar-refractivity contribution in [2.24, 2.45) is 16.7 Å². The molecule has 1 heterocycles. The highest BCUT2D eigenvalue weighted by Crippen LogP contribution is 2.64. The molecule has 1 aromatic heterocycles. The minimum atomic E-state index is -3.68. The highest BCUT2D eigenvalue weighted by molar-refractivity contribution is 7.92. The first kappa shape index (κ1) is 19.9. The molecule has 2 aliphatic carbocycles. The third-order valence-corrected chi connectivity index (χ3v) is 8.25. The van der Waals surface area contributed by atoms with Crippen LogP contribution < -0.4 is 9.46 Å². The van der Waals surface area contributed by atoms with Gasteiger partial charge in [-0.25, -0.2) is 8.42 Å². The Morgan fingerprint density at radius 2 is 2.14 bits per heavy atom. The van der Waals surface area contributed by atoms with Gasteiger partial charge in [0.15, 0.2) is 0 Å².